The average Bonchev–Trinajstić information content (AvgIpc) is 2.14. The van der Waals surface area contributed by atoms with Gasteiger partial charge in [-0.25, -0.2) is 4.39 Å². The van der Waals surface area contributed by atoms with Crippen LogP contribution in [0.2, 0.25) is 0 Å². The molecule has 0 aromatic rings. The number of hydrogen-bond donors (Lipinski definition) is 2. The van der Waals surface area contributed by atoms with Crippen molar-refractivity contribution >= 4 is 5.84 Å². The molecule has 0 amide bonds. The number of rotatable bonds is 7. The Morgan fingerprint density at radius 1 is 1.56 bits per heavy atom. The summed E-state index contributed by atoms with van der Waals surface area (Å²) in [5, 5.41) is 0. The van der Waals surface area contributed by atoms with Gasteiger partial charge in [0.25, 0.3) is 0 Å². The maximum atomic E-state index is 13.2. The summed E-state index contributed by atoms with van der Waals surface area (Å²) in [5.74, 6) is 0.101. The van der Waals surface area contributed by atoms with Crippen molar-refractivity contribution in [1.29, 1.82) is 0 Å². The summed E-state index contributed by atoms with van der Waals surface area (Å²) in [6.45, 7) is 3.98. The third-order valence-corrected chi connectivity index (χ3v) is 2.03. The Morgan fingerprint density at radius 2 is 2.19 bits per heavy atom. The Labute approximate surface area is 96.6 Å². The van der Waals surface area contributed by atoms with Gasteiger partial charge < -0.3 is 16.2 Å². The lowest BCUT2D eigenvalue weighted by Gasteiger charge is -2.22. The van der Waals surface area contributed by atoms with E-state index in [1.807, 2.05) is 6.92 Å². The molecule has 1 atom stereocenters. The fourth-order valence-electron chi connectivity index (χ4n) is 1.23. The normalized spacial score (nSPS) is 17.3. The highest BCUT2D eigenvalue weighted by atomic mass is 19.1. The van der Waals surface area contributed by atoms with E-state index in [2.05, 4.69) is 4.99 Å². The van der Waals surface area contributed by atoms with Gasteiger partial charge in [0.1, 0.15) is 5.83 Å². The highest BCUT2D eigenvalue weighted by Crippen LogP contribution is 2.11. The van der Waals surface area contributed by atoms with Gasteiger partial charge in [-0.15, -0.1) is 0 Å². The highest BCUT2D eigenvalue weighted by molar-refractivity contribution is 5.77. The molecule has 0 aliphatic heterocycles. The minimum absolute atomic E-state index is 0.00783. The maximum absolute atomic E-state index is 13.2. The fraction of sp³-hybridized carbons (Fsp3) is 0.727. The number of allylic oxidation sites excluding steroid dienone is 1. The van der Waals surface area contributed by atoms with Crippen LogP contribution in [0.25, 0.3) is 0 Å². The van der Waals surface area contributed by atoms with Crippen molar-refractivity contribution < 1.29 is 9.13 Å². The first-order valence-corrected chi connectivity index (χ1v) is 5.26. The molecule has 0 saturated heterocycles. The first kappa shape index (κ1) is 15.1. The lowest BCUT2D eigenvalue weighted by atomic mass is 9.98. The molecule has 0 rings (SSSR count). The zero-order valence-corrected chi connectivity index (χ0v) is 10.3. The molecular formula is C11H22FN3O. The number of halogens is 1. The maximum Gasteiger partial charge on any atom is 0.117 e. The average molecular weight is 231 g/mol. The molecule has 4 nitrogen and oxygen atoms in total. The zero-order valence-electron chi connectivity index (χ0n) is 10.3. The Morgan fingerprint density at radius 3 is 2.69 bits per heavy atom. The van der Waals surface area contributed by atoms with Crippen molar-refractivity contribution in [2.75, 3.05) is 20.3 Å². The summed E-state index contributed by atoms with van der Waals surface area (Å²) in [4.78, 5) is 3.77. The van der Waals surface area contributed by atoms with Gasteiger partial charge in [-0.1, -0.05) is 6.08 Å². The number of amidine groups is 1. The third kappa shape index (κ3) is 8.38. The molecular weight excluding hydrogens is 209 g/mol. The van der Waals surface area contributed by atoms with Gasteiger partial charge >= 0.3 is 0 Å². The molecule has 0 aliphatic rings. The number of ether oxygens (including phenoxy) is 1. The minimum Gasteiger partial charge on any atom is -0.388 e. The van der Waals surface area contributed by atoms with Crippen molar-refractivity contribution in [3.8, 4) is 0 Å². The van der Waals surface area contributed by atoms with Crippen molar-refractivity contribution in [2.24, 2.45) is 16.5 Å². The molecule has 0 unspecified atom stereocenters. The molecule has 5 heteroatoms. The molecule has 0 heterocycles. The van der Waals surface area contributed by atoms with E-state index in [4.69, 9.17) is 16.2 Å². The van der Waals surface area contributed by atoms with Crippen LogP contribution in [-0.2, 0) is 4.74 Å². The van der Waals surface area contributed by atoms with E-state index in [1.54, 1.807) is 14.0 Å². The fourth-order valence-corrected chi connectivity index (χ4v) is 1.23. The van der Waals surface area contributed by atoms with Gasteiger partial charge in [-0.05, 0) is 26.7 Å². The molecule has 4 N–H and O–H groups in total. The Balaban J connectivity index is 3.95. The van der Waals surface area contributed by atoms with E-state index in [0.717, 1.165) is 0 Å². The minimum atomic E-state index is -0.418. The van der Waals surface area contributed by atoms with Gasteiger partial charge in [-0.3, -0.25) is 4.99 Å². The van der Waals surface area contributed by atoms with Crippen LogP contribution < -0.4 is 11.5 Å². The Bertz CT molecular complexity index is 258. The van der Waals surface area contributed by atoms with E-state index in [9.17, 15) is 4.39 Å². The molecule has 0 radical (unpaired) electrons. The Hall–Kier alpha value is -0.940. The first-order valence-electron chi connectivity index (χ1n) is 5.26. The van der Waals surface area contributed by atoms with Crippen LogP contribution >= 0.6 is 0 Å². The molecule has 0 aromatic carbocycles. The van der Waals surface area contributed by atoms with Crippen LogP contribution in [0.3, 0.4) is 0 Å². The summed E-state index contributed by atoms with van der Waals surface area (Å²) in [6.07, 6.45) is 2.73. The van der Waals surface area contributed by atoms with Crippen LogP contribution in [0.4, 0.5) is 4.39 Å². The van der Waals surface area contributed by atoms with Gasteiger partial charge in [0.05, 0.1) is 19.0 Å². The first-order chi connectivity index (χ1) is 7.37. The molecule has 0 aliphatic carbocycles. The molecule has 0 aromatic heterocycles. The quantitative estimate of drug-likeness (QED) is 0.513. The SMILES string of the molecule is COC[C@@](C)(N)CC/C=C(/F)CN=C(C)N. The van der Waals surface area contributed by atoms with E-state index in [-0.39, 0.29) is 12.4 Å². The second-order valence-corrected chi connectivity index (χ2v) is 4.23. The lowest BCUT2D eigenvalue weighted by molar-refractivity contribution is 0.136. The van der Waals surface area contributed by atoms with E-state index in [1.165, 1.54) is 6.08 Å². The molecule has 16 heavy (non-hydrogen) atoms. The number of methoxy groups -OCH3 is 1. The van der Waals surface area contributed by atoms with Gasteiger partial charge in [-0.2, -0.15) is 0 Å². The summed E-state index contributed by atoms with van der Waals surface area (Å²) < 4.78 is 18.1. The van der Waals surface area contributed by atoms with Crippen molar-refractivity contribution in [1.82, 2.24) is 0 Å². The molecule has 94 valence electrons. The molecule has 0 saturated carbocycles. The van der Waals surface area contributed by atoms with Crippen LogP contribution in [-0.4, -0.2) is 31.6 Å². The third-order valence-electron chi connectivity index (χ3n) is 2.03. The topological polar surface area (TPSA) is 73.6 Å². The number of nitrogens with zero attached hydrogens (tertiary/aromatic N) is 1. The van der Waals surface area contributed by atoms with Crippen LogP contribution in [0.15, 0.2) is 16.9 Å². The summed E-state index contributed by atoms with van der Waals surface area (Å²) in [6, 6.07) is 0. The van der Waals surface area contributed by atoms with Gasteiger partial charge in [0.15, 0.2) is 0 Å². The largest absolute Gasteiger partial charge is 0.388 e. The summed E-state index contributed by atoms with van der Waals surface area (Å²) in [5.41, 5.74) is 10.8. The van der Waals surface area contributed by atoms with Crippen LogP contribution in [0, 0.1) is 0 Å². The zero-order chi connectivity index (χ0) is 12.6. The molecule has 0 spiro atoms. The monoisotopic (exact) mass is 231 g/mol. The van der Waals surface area contributed by atoms with Gasteiger partial charge in [0, 0.05) is 12.6 Å². The predicted octanol–water partition coefficient (Wildman–Crippen LogP) is 1.36. The van der Waals surface area contributed by atoms with Crippen molar-refractivity contribution in [3.63, 3.8) is 0 Å². The Kier molecular flexibility index (Phi) is 6.92. The smallest absolute Gasteiger partial charge is 0.117 e. The summed E-state index contributed by atoms with van der Waals surface area (Å²) >= 11 is 0. The standard InChI is InChI=1S/C11H22FN3O/c1-9(13)15-7-10(12)5-4-6-11(2,14)8-16-3/h5H,4,6-8,14H2,1-3H3,(H2,13,15)/b10-5+/t11-/m0/s1. The van der Waals surface area contributed by atoms with Crippen LogP contribution in [0.1, 0.15) is 26.7 Å². The van der Waals surface area contributed by atoms with Gasteiger partial charge in [0.2, 0.25) is 0 Å². The molecule has 0 bridgehead atoms. The highest BCUT2D eigenvalue weighted by Gasteiger charge is 2.16. The van der Waals surface area contributed by atoms with Crippen molar-refractivity contribution in [3.05, 3.63) is 11.9 Å². The summed E-state index contributed by atoms with van der Waals surface area (Å²) in [7, 11) is 1.60. The lowest BCUT2D eigenvalue weighted by Crippen LogP contribution is -2.40. The van der Waals surface area contributed by atoms with E-state index in [0.29, 0.717) is 25.3 Å². The van der Waals surface area contributed by atoms with Crippen molar-refractivity contribution in [2.45, 2.75) is 32.2 Å². The second kappa shape index (κ2) is 7.35. The predicted molar refractivity (Wildman–Crippen MR) is 65.1 cm³/mol. The van der Waals surface area contributed by atoms with E-state index >= 15 is 0 Å². The molecule has 0 fully saturated rings. The second-order valence-electron chi connectivity index (χ2n) is 4.23. The van der Waals surface area contributed by atoms with E-state index < -0.39 is 5.54 Å². The van der Waals surface area contributed by atoms with Crippen LogP contribution in [0.5, 0.6) is 0 Å². The number of aliphatic imine (C=N–C) groups is 1. The number of nitrogens with two attached hydrogens (primary N) is 2. The number of hydrogen-bond acceptors (Lipinski definition) is 3.